The first-order chi connectivity index (χ1) is 48.2. The fourth-order valence-electron chi connectivity index (χ4n) is 9.96. The highest BCUT2D eigenvalue weighted by molar-refractivity contribution is 7.47. The predicted molar refractivity (Wildman–Crippen MR) is 408 cm³/mol. The van der Waals surface area contributed by atoms with Crippen LogP contribution in [-0.4, -0.2) is 95.9 Å². The number of hydrogen-bond acceptors (Lipinski definition) is 14. The fraction of sp³-hybridized carbons (Fsp3) is 0.691. The van der Waals surface area contributed by atoms with Crippen LogP contribution in [0.5, 0.6) is 0 Å². The molecule has 0 radical (unpaired) electrons. The van der Waals surface area contributed by atoms with Crippen LogP contribution in [0, 0.1) is 0 Å². The van der Waals surface area contributed by atoms with Crippen LogP contribution in [0.3, 0.4) is 0 Å². The monoisotopic (exact) mass is 1430 g/mol. The molecule has 0 amide bonds. The van der Waals surface area contributed by atoms with Gasteiger partial charge in [-0.2, -0.15) is 0 Å². The first-order valence-corrected chi connectivity index (χ1v) is 41.5. The summed E-state index contributed by atoms with van der Waals surface area (Å²) in [6.45, 7) is 2.49. The molecule has 5 unspecified atom stereocenters. The van der Waals surface area contributed by atoms with E-state index in [1.54, 1.807) is 0 Å². The summed E-state index contributed by atoms with van der Waals surface area (Å²) in [5, 5.41) is 20.6. The minimum absolute atomic E-state index is 0.0906. The molecule has 16 nitrogen and oxygen atoms in total. The number of unbranched alkanes of at least 4 members (excludes halogenated alkanes) is 27. The number of carbonyl (C=O) groups excluding carboxylic acids is 3. The van der Waals surface area contributed by atoms with E-state index in [1.165, 1.54) is 77.0 Å². The highest BCUT2D eigenvalue weighted by atomic mass is 31.2. The third-order valence-electron chi connectivity index (χ3n) is 15.8. The van der Waals surface area contributed by atoms with Crippen LogP contribution < -0.4 is 0 Å². The van der Waals surface area contributed by atoms with Gasteiger partial charge >= 0.3 is 33.6 Å². The van der Waals surface area contributed by atoms with Gasteiger partial charge < -0.3 is 34.2 Å². The van der Waals surface area contributed by atoms with E-state index in [2.05, 4.69) is 154 Å². The molecule has 0 aliphatic heterocycles. The SMILES string of the molecule is CC/C=C\C/C=C\C/C=C\C/C=C\C/C=C\C/C=C\CCCCCCCCC(=O)OCC(O)COP(=O)(O)OCC(O)COP(=O)(O)OCC(COC(=O)CCCCCCCCCCC/C=C\C/C=C\C/C=C\C/C=C\CCCCC)OC(=O)CCCCCCC/C=C\CCCCCC. The van der Waals surface area contributed by atoms with Gasteiger partial charge in [0, 0.05) is 19.3 Å². The summed E-state index contributed by atoms with van der Waals surface area (Å²) in [4.78, 5) is 58.6. The smallest absolute Gasteiger partial charge is 0.463 e. The molecule has 0 aliphatic carbocycles. The third kappa shape index (κ3) is 74.7. The van der Waals surface area contributed by atoms with E-state index < -0.39 is 91.5 Å². The van der Waals surface area contributed by atoms with Gasteiger partial charge in [0.1, 0.15) is 25.4 Å². The van der Waals surface area contributed by atoms with Crippen molar-refractivity contribution in [3.63, 3.8) is 0 Å². The maximum absolute atomic E-state index is 12.9. The lowest BCUT2D eigenvalue weighted by Crippen LogP contribution is -2.30. The van der Waals surface area contributed by atoms with Gasteiger partial charge in [-0.1, -0.05) is 276 Å². The van der Waals surface area contributed by atoms with Gasteiger partial charge in [0.15, 0.2) is 6.10 Å². The number of aliphatic hydroxyl groups excluding tert-OH is 2. The van der Waals surface area contributed by atoms with E-state index in [0.717, 1.165) is 167 Å². The molecule has 0 aliphatic rings. The zero-order chi connectivity index (χ0) is 72.3. The van der Waals surface area contributed by atoms with Crippen molar-refractivity contribution in [1.29, 1.82) is 0 Å². The zero-order valence-corrected chi connectivity index (χ0v) is 63.7. The standard InChI is InChI=1S/C81H138O16P2/c1-4-7-10-13-16-19-22-25-27-29-31-33-35-37-39-41-43-45-47-50-52-55-58-61-64-67-79(84)91-70-76(82)71-93-98(87,88)94-72-77(83)73-95-99(89,90)96-75-78(97-81(86)69-66-63-60-57-54-49-24-21-18-15-12-9-6-3)74-92-80(85)68-65-62-59-56-53-51-48-46-44-42-40-38-36-34-32-30-28-26-23-20-17-14-11-8-5-2/h7,10,16-17,19-21,24-28,31-34,37-40,43,45,76-78,82-83H,4-6,8-9,11-15,18,22-23,29-30,35-36,41-42,44,46-75H2,1-3H3,(H,87,88)(H,89,90)/b10-7-,19-16-,20-17-,24-21-,27-25-,28-26-,33-31-,34-32-,39-37-,40-38-,45-43-. The highest BCUT2D eigenvalue weighted by Crippen LogP contribution is 2.45. The molecule has 5 atom stereocenters. The summed E-state index contributed by atoms with van der Waals surface area (Å²) < 4.78 is 61.1. The Morgan fingerprint density at radius 2 is 0.535 bits per heavy atom. The molecule has 0 aromatic heterocycles. The largest absolute Gasteiger partial charge is 0.472 e. The second kappa shape index (κ2) is 73.4. The van der Waals surface area contributed by atoms with E-state index >= 15 is 0 Å². The normalized spacial score (nSPS) is 14.8. The number of ether oxygens (including phenoxy) is 3. The molecule has 0 heterocycles. The highest BCUT2D eigenvalue weighted by Gasteiger charge is 2.29. The number of phosphoric acid groups is 2. The summed E-state index contributed by atoms with van der Waals surface area (Å²) in [5.74, 6) is -1.60. The van der Waals surface area contributed by atoms with Crippen molar-refractivity contribution in [1.82, 2.24) is 0 Å². The molecule has 4 N–H and O–H groups in total. The van der Waals surface area contributed by atoms with Crippen molar-refractivity contribution < 1.29 is 75.8 Å². The zero-order valence-electron chi connectivity index (χ0n) is 61.9. The van der Waals surface area contributed by atoms with Gasteiger partial charge in [-0.15, -0.1) is 0 Å². The van der Waals surface area contributed by atoms with Gasteiger partial charge in [0.25, 0.3) is 0 Å². The number of allylic oxidation sites excluding steroid dienone is 22. The van der Waals surface area contributed by atoms with Crippen LogP contribution in [0.15, 0.2) is 134 Å². The van der Waals surface area contributed by atoms with Crippen LogP contribution in [0.4, 0.5) is 0 Å². The number of hydrogen-bond donors (Lipinski definition) is 4. The summed E-state index contributed by atoms with van der Waals surface area (Å²) in [6, 6.07) is 0. The Kier molecular flexibility index (Phi) is 70.2. The van der Waals surface area contributed by atoms with Crippen molar-refractivity contribution in [2.24, 2.45) is 0 Å². The molecule has 568 valence electrons. The summed E-state index contributed by atoms with van der Waals surface area (Å²) in [6.07, 6.45) is 87.8. The number of aliphatic hydroxyl groups is 2. The Labute approximate surface area is 601 Å². The quantitative estimate of drug-likeness (QED) is 0.0146. The molecule has 0 aromatic carbocycles. The van der Waals surface area contributed by atoms with Crippen LogP contribution in [-0.2, 0) is 55.8 Å². The number of esters is 3. The van der Waals surface area contributed by atoms with Crippen molar-refractivity contribution >= 4 is 33.6 Å². The van der Waals surface area contributed by atoms with E-state index in [9.17, 15) is 43.5 Å². The van der Waals surface area contributed by atoms with E-state index in [1.807, 2.05) is 0 Å². The Morgan fingerprint density at radius 1 is 0.293 bits per heavy atom. The second-order valence-electron chi connectivity index (χ2n) is 25.4. The summed E-state index contributed by atoms with van der Waals surface area (Å²) in [7, 11) is -9.80. The number of carbonyl (C=O) groups is 3. The first kappa shape index (κ1) is 94.7. The van der Waals surface area contributed by atoms with Crippen molar-refractivity contribution in [3.05, 3.63) is 134 Å². The molecule has 0 rings (SSSR count). The minimum Gasteiger partial charge on any atom is -0.463 e. The molecule has 0 saturated carbocycles. The number of phosphoric ester groups is 2. The van der Waals surface area contributed by atoms with Gasteiger partial charge in [0.05, 0.1) is 26.4 Å². The Balaban J connectivity index is 4.59. The van der Waals surface area contributed by atoms with Gasteiger partial charge in [-0.3, -0.25) is 32.5 Å². The molecule has 0 spiro atoms. The van der Waals surface area contributed by atoms with E-state index in [4.69, 9.17) is 32.3 Å². The molecule has 18 heteroatoms. The van der Waals surface area contributed by atoms with E-state index in [-0.39, 0.29) is 19.3 Å². The molecule has 99 heavy (non-hydrogen) atoms. The minimum atomic E-state index is -4.93. The molecule has 0 fully saturated rings. The van der Waals surface area contributed by atoms with Crippen molar-refractivity contribution in [2.75, 3.05) is 39.6 Å². The Bertz CT molecular complexity index is 2330. The van der Waals surface area contributed by atoms with Crippen molar-refractivity contribution in [3.8, 4) is 0 Å². The maximum atomic E-state index is 12.9. The van der Waals surface area contributed by atoms with Crippen LogP contribution >= 0.6 is 15.6 Å². The molecule has 0 aromatic rings. The lowest BCUT2D eigenvalue weighted by atomic mass is 10.1. The average Bonchev–Trinajstić information content (AvgIpc) is 1.37. The summed E-state index contributed by atoms with van der Waals surface area (Å²) in [5.41, 5.74) is 0. The van der Waals surface area contributed by atoms with Gasteiger partial charge in [0.2, 0.25) is 0 Å². The lowest BCUT2D eigenvalue weighted by molar-refractivity contribution is -0.161. The summed E-state index contributed by atoms with van der Waals surface area (Å²) >= 11 is 0. The Morgan fingerprint density at radius 3 is 0.879 bits per heavy atom. The third-order valence-corrected chi connectivity index (χ3v) is 17.7. The van der Waals surface area contributed by atoms with Gasteiger partial charge in [-0.05, 0) is 141 Å². The maximum Gasteiger partial charge on any atom is 0.472 e. The topological polar surface area (TPSA) is 231 Å². The number of rotatable bonds is 72. The predicted octanol–water partition coefficient (Wildman–Crippen LogP) is 22.3. The average molecular weight is 1430 g/mol. The molecule has 0 bridgehead atoms. The Hall–Kier alpha value is -4.31. The van der Waals surface area contributed by atoms with E-state index in [0.29, 0.717) is 19.3 Å². The van der Waals surface area contributed by atoms with Crippen LogP contribution in [0.25, 0.3) is 0 Å². The fourth-order valence-corrected chi connectivity index (χ4v) is 11.5. The molecule has 0 saturated heterocycles. The van der Waals surface area contributed by atoms with Crippen LogP contribution in [0.1, 0.15) is 303 Å². The first-order valence-electron chi connectivity index (χ1n) is 38.5. The van der Waals surface area contributed by atoms with Crippen LogP contribution in [0.2, 0.25) is 0 Å². The second-order valence-corrected chi connectivity index (χ2v) is 28.3. The molecular formula is C81H138O16P2. The van der Waals surface area contributed by atoms with Crippen molar-refractivity contribution in [2.45, 2.75) is 322 Å². The lowest BCUT2D eigenvalue weighted by Gasteiger charge is -2.21. The molecular weight excluding hydrogens is 1290 g/mol. The van der Waals surface area contributed by atoms with Gasteiger partial charge in [-0.25, -0.2) is 9.13 Å².